The van der Waals surface area contributed by atoms with Crippen LogP contribution in [0.1, 0.15) is 31.2 Å². The van der Waals surface area contributed by atoms with E-state index in [1.54, 1.807) is 26.7 Å². The fraction of sp³-hybridized carbons (Fsp3) is 0.273. The topological polar surface area (TPSA) is 0 Å². The molecule has 0 saturated heterocycles. The molecule has 0 fully saturated rings. The van der Waals surface area contributed by atoms with Crippen LogP contribution in [-0.2, 0) is 6.42 Å². The first-order chi connectivity index (χ1) is 11.4. The van der Waals surface area contributed by atoms with Gasteiger partial charge in [-0.05, 0) is 54.1 Å². The van der Waals surface area contributed by atoms with Gasteiger partial charge in [-0.2, -0.15) is 0 Å². The fourth-order valence-electron chi connectivity index (χ4n) is 4.76. The lowest BCUT2D eigenvalue weighted by Crippen LogP contribution is -2.58. The number of benzene rings is 2. The van der Waals surface area contributed by atoms with Crippen molar-refractivity contribution in [2.75, 3.05) is 0 Å². The van der Waals surface area contributed by atoms with Crippen LogP contribution in [0.4, 0.5) is 0 Å². The van der Waals surface area contributed by atoms with Gasteiger partial charge in [-0.3, -0.25) is 0 Å². The van der Waals surface area contributed by atoms with Crippen LogP contribution in [-0.4, -0.2) is 8.07 Å². The highest BCUT2D eigenvalue weighted by Gasteiger charge is 2.46. The molecule has 1 heteroatoms. The highest BCUT2D eigenvalue weighted by atomic mass is 28.3. The highest BCUT2D eigenvalue weighted by Crippen LogP contribution is 2.38. The first-order valence-electron chi connectivity index (χ1n) is 8.85. The molecule has 0 spiro atoms. The number of hydrogen-bond acceptors (Lipinski definition) is 0. The standard InChI is InChI=1S/C22H24Si/c1-2-18-10-6-8-14-21(18)23(20-12-4-3-5-13-20)17-16-19-11-7-9-15-22(19)23/h2-5,7,9,11-13,15H,1,6,8,10,14,16-17H2. The van der Waals surface area contributed by atoms with Gasteiger partial charge < -0.3 is 0 Å². The van der Waals surface area contributed by atoms with Crippen LogP contribution < -0.4 is 10.4 Å². The number of rotatable bonds is 3. The maximum atomic E-state index is 4.15. The van der Waals surface area contributed by atoms with E-state index in [0.29, 0.717) is 0 Å². The molecule has 1 unspecified atom stereocenters. The molecule has 2 aromatic carbocycles. The van der Waals surface area contributed by atoms with Crippen molar-refractivity contribution in [1.82, 2.24) is 0 Å². The van der Waals surface area contributed by atoms with Gasteiger partial charge in [0.1, 0.15) is 8.07 Å². The van der Waals surface area contributed by atoms with Crippen molar-refractivity contribution >= 4 is 18.4 Å². The van der Waals surface area contributed by atoms with Crippen LogP contribution in [0.3, 0.4) is 0 Å². The zero-order chi connectivity index (χ0) is 15.7. The van der Waals surface area contributed by atoms with Crippen molar-refractivity contribution in [3.63, 3.8) is 0 Å². The molecule has 23 heavy (non-hydrogen) atoms. The summed E-state index contributed by atoms with van der Waals surface area (Å²) in [5.74, 6) is 0. The van der Waals surface area contributed by atoms with E-state index in [1.807, 2.05) is 0 Å². The molecule has 1 atom stereocenters. The zero-order valence-electron chi connectivity index (χ0n) is 13.7. The van der Waals surface area contributed by atoms with E-state index in [4.69, 9.17) is 0 Å². The lowest BCUT2D eigenvalue weighted by atomic mass is 9.99. The van der Waals surface area contributed by atoms with Crippen molar-refractivity contribution in [3.8, 4) is 0 Å². The van der Waals surface area contributed by atoms with E-state index in [-0.39, 0.29) is 0 Å². The third kappa shape index (κ3) is 2.26. The molecule has 0 nitrogen and oxygen atoms in total. The summed E-state index contributed by atoms with van der Waals surface area (Å²) in [6.45, 7) is 4.15. The molecule has 1 aliphatic carbocycles. The molecule has 1 aliphatic heterocycles. The normalized spacial score (nSPS) is 23.7. The van der Waals surface area contributed by atoms with Gasteiger partial charge in [-0.1, -0.05) is 78.0 Å². The predicted molar refractivity (Wildman–Crippen MR) is 102 cm³/mol. The molecule has 2 aromatic rings. The second-order valence-corrected chi connectivity index (χ2v) is 10.9. The summed E-state index contributed by atoms with van der Waals surface area (Å²) in [6.07, 6.45) is 8.57. The Labute approximate surface area is 140 Å². The lowest BCUT2D eigenvalue weighted by Gasteiger charge is -2.36. The molecule has 0 amide bonds. The molecular formula is C22H24Si. The van der Waals surface area contributed by atoms with Crippen LogP contribution in [0, 0.1) is 0 Å². The Hall–Kier alpha value is -1.86. The highest BCUT2D eigenvalue weighted by molar-refractivity contribution is 7.08. The van der Waals surface area contributed by atoms with E-state index in [9.17, 15) is 0 Å². The van der Waals surface area contributed by atoms with Crippen molar-refractivity contribution in [2.24, 2.45) is 0 Å². The molecule has 1 heterocycles. The Bertz CT molecular complexity index is 757. The smallest absolute Gasteiger partial charge is 0.0988 e. The Morgan fingerprint density at radius 2 is 1.57 bits per heavy atom. The van der Waals surface area contributed by atoms with Crippen LogP contribution in [0.15, 0.2) is 78.0 Å². The Morgan fingerprint density at radius 3 is 2.39 bits per heavy atom. The van der Waals surface area contributed by atoms with Crippen molar-refractivity contribution < 1.29 is 0 Å². The number of aryl methyl sites for hydroxylation is 1. The van der Waals surface area contributed by atoms with Gasteiger partial charge in [-0.15, -0.1) is 0 Å². The van der Waals surface area contributed by atoms with Crippen LogP contribution >= 0.6 is 0 Å². The monoisotopic (exact) mass is 316 g/mol. The van der Waals surface area contributed by atoms with E-state index < -0.39 is 8.07 Å². The summed E-state index contributed by atoms with van der Waals surface area (Å²) in [4.78, 5) is 0. The van der Waals surface area contributed by atoms with Crippen molar-refractivity contribution in [1.29, 1.82) is 0 Å². The third-order valence-electron chi connectivity index (χ3n) is 5.79. The van der Waals surface area contributed by atoms with Crippen LogP contribution in [0.5, 0.6) is 0 Å². The van der Waals surface area contributed by atoms with Gasteiger partial charge in [0.05, 0.1) is 0 Å². The third-order valence-corrected chi connectivity index (χ3v) is 11.1. The quantitative estimate of drug-likeness (QED) is 0.736. The van der Waals surface area contributed by atoms with Crippen molar-refractivity contribution in [3.05, 3.63) is 83.6 Å². The first kappa shape index (κ1) is 14.7. The van der Waals surface area contributed by atoms with Gasteiger partial charge in [0.15, 0.2) is 0 Å². The Kier molecular flexibility index (Phi) is 3.82. The van der Waals surface area contributed by atoms with Crippen LogP contribution in [0.2, 0.25) is 6.04 Å². The SMILES string of the molecule is C=CC1=C([Si]2(c3ccccc3)CCc3ccccc32)CCCC1. The second kappa shape index (κ2) is 5.97. The number of fused-ring (bicyclic) bond motifs is 1. The van der Waals surface area contributed by atoms with Gasteiger partial charge in [0.25, 0.3) is 0 Å². The van der Waals surface area contributed by atoms with Gasteiger partial charge in [0, 0.05) is 0 Å². The first-order valence-corrected chi connectivity index (χ1v) is 11.1. The van der Waals surface area contributed by atoms with Crippen LogP contribution in [0.25, 0.3) is 0 Å². The molecule has 0 N–H and O–H groups in total. The van der Waals surface area contributed by atoms with Gasteiger partial charge in [0.2, 0.25) is 0 Å². The predicted octanol–water partition coefficient (Wildman–Crippen LogP) is 4.40. The largest absolute Gasteiger partial charge is 0.145 e. The maximum absolute atomic E-state index is 4.15. The fourth-order valence-corrected chi connectivity index (χ4v) is 10.5. The molecule has 0 bridgehead atoms. The molecule has 2 aliphatic rings. The molecular weight excluding hydrogens is 292 g/mol. The summed E-state index contributed by atoms with van der Waals surface area (Å²) in [5.41, 5.74) is 3.15. The zero-order valence-corrected chi connectivity index (χ0v) is 14.7. The van der Waals surface area contributed by atoms with E-state index >= 15 is 0 Å². The minimum absolute atomic E-state index is 1.22. The van der Waals surface area contributed by atoms with E-state index in [1.165, 1.54) is 38.1 Å². The average molecular weight is 317 g/mol. The summed E-state index contributed by atoms with van der Waals surface area (Å²) < 4.78 is 0. The molecule has 0 aromatic heterocycles. The number of hydrogen-bond donors (Lipinski definition) is 0. The summed E-state index contributed by atoms with van der Waals surface area (Å²) in [5, 5.41) is 5.04. The molecule has 4 rings (SSSR count). The van der Waals surface area contributed by atoms with Crippen molar-refractivity contribution in [2.45, 2.75) is 38.1 Å². The summed E-state index contributed by atoms with van der Waals surface area (Å²) in [6, 6.07) is 21.9. The molecule has 0 saturated carbocycles. The molecule has 0 radical (unpaired) electrons. The Balaban J connectivity index is 2.01. The minimum atomic E-state index is -1.80. The lowest BCUT2D eigenvalue weighted by molar-refractivity contribution is 0.699. The summed E-state index contributed by atoms with van der Waals surface area (Å²) in [7, 11) is -1.80. The molecule has 116 valence electrons. The van der Waals surface area contributed by atoms with Gasteiger partial charge in [-0.25, -0.2) is 0 Å². The van der Waals surface area contributed by atoms with E-state index in [0.717, 1.165) is 0 Å². The Morgan fingerprint density at radius 1 is 0.826 bits per heavy atom. The van der Waals surface area contributed by atoms with Gasteiger partial charge >= 0.3 is 0 Å². The average Bonchev–Trinajstić information content (AvgIpc) is 3.03. The second-order valence-electron chi connectivity index (χ2n) is 6.84. The number of allylic oxidation sites excluding steroid dienone is 3. The minimum Gasteiger partial charge on any atom is -0.0988 e. The summed E-state index contributed by atoms with van der Waals surface area (Å²) >= 11 is 0. The maximum Gasteiger partial charge on any atom is 0.145 e. The van der Waals surface area contributed by atoms with E-state index in [2.05, 4.69) is 67.3 Å².